The van der Waals surface area contributed by atoms with Crippen LogP contribution in [0.25, 0.3) is 0 Å². The fourth-order valence-corrected chi connectivity index (χ4v) is 2.38. The van der Waals surface area contributed by atoms with E-state index in [1.807, 2.05) is 6.07 Å². The minimum Gasteiger partial charge on any atom is -0.465 e. The first-order chi connectivity index (χ1) is 8.11. The molecule has 1 aromatic rings. The second-order valence-corrected chi connectivity index (χ2v) is 4.55. The van der Waals surface area contributed by atoms with Gasteiger partial charge in [-0.15, -0.1) is 0 Å². The molecular weight excluding hydrogens is 288 g/mol. The first-order valence-corrected chi connectivity index (χ1v) is 5.92. The Balaban J connectivity index is 2.42. The van der Waals surface area contributed by atoms with Crippen molar-refractivity contribution in [3.63, 3.8) is 0 Å². The molecule has 2 rings (SSSR count). The molecule has 17 heavy (non-hydrogen) atoms. The molecule has 1 fully saturated rings. The van der Waals surface area contributed by atoms with E-state index in [2.05, 4.69) is 21.2 Å². The molecule has 0 bridgehead atoms. The third-order valence-corrected chi connectivity index (χ3v) is 3.38. The van der Waals surface area contributed by atoms with Crippen LogP contribution in [-0.4, -0.2) is 35.1 Å². The van der Waals surface area contributed by atoms with Crippen molar-refractivity contribution in [2.45, 2.75) is 6.04 Å². The van der Waals surface area contributed by atoms with Gasteiger partial charge >= 0.3 is 6.09 Å². The number of carboxylic acid groups (broad SMARTS) is 1. The zero-order valence-corrected chi connectivity index (χ0v) is 10.5. The zero-order valence-electron chi connectivity index (χ0n) is 8.89. The van der Waals surface area contributed by atoms with E-state index < -0.39 is 12.1 Å². The molecular formula is C11H11BrN2O3. The van der Waals surface area contributed by atoms with E-state index in [1.54, 1.807) is 18.2 Å². The van der Waals surface area contributed by atoms with Gasteiger partial charge < -0.3 is 10.4 Å². The summed E-state index contributed by atoms with van der Waals surface area (Å²) in [7, 11) is 0. The molecule has 1 atom stereocenters. The molecule has 1 unspecified atom stereocenters. The molecule has 1 aliphatic rings. The van der Waals surface area contributed by atoms with Gasteiger partial charge in [0, 0.05) is 17.6 Å². The highest BCUT2D eigenvalue weighted by Crippen LogP contribution is 2.29. The Labute approximate surface area is 107 Å². The lowest BCUT2D eigenvalue weighted by Gasteiger charge is -2.33. The Morgan fingerprint density at radius 2 is 2.18 bits per heavy atom. The van der Waals surface area contributed by atoms with Crippen molar-refractivity contribution in [1.29, 1.82) is 0 Å². The second kappa shape index (κ2) is 4.75. The average Bonchev–Trinajstić information content (AvgIpc) is 2.30. The summed E-state index contributed by atoms with van der Waals surface area (Å²) >= 11 is 3.34. The van der Waals surface area contributed by atoms with E-state index in [0.29, 0.717) is 18.7 Å². The van der Waals surface area contributed by atoms with Gasteiger partial charge in [-0.2, -0.15) is 0 Å². The van der Waals surface area contributed by atoms with Crippen LogP contribution >= 0.6 is 15.9 Å². The van der Waals surface area contributed by atoms with Gasteiger partial charge in [0.2, 0.25) is 5.91 Å². The van der Waals surface area contributed by atoms with Crippen molar-refractivity contribution in [1.82, 2.24) is 10.2 Å². The lowest BCUT2D eigenvalue weighted by atomic mass is 10.0. The Bertz CT molecular complexity index is 464. The van der Waals surface area contributed by atoms with Crippen LogP contribution in [0.5, 0.6) is 0 Å². The maximum absolute atomic E-state index is 11.8. The Morgan fingerprint density at radius 3 is 2.82 bits per heavy atom. The van der Waals surface area contributed by atoms with Gasteiger partial charge in [0.1, 0.15) is 6.04 Å². The van der Waals surface area contributed by atoms with E-state index in [9.17, 15) is 9.59 Å². The molecule has 0 aliphatic carbocycles. The number of amides is 2. The van der Waals surface area contributed by atoms with Gasteiger partial charge in [0.25, 0.3) is 0 Å². The molecule has 1 saturated heterocycles. The van der Waals surface area contributed by atoms with Crippen LogP contribution in [0.4, 0.5) is 4.79 Å². The van der Waals surface area contributed by atoms with Crippen LogP contribution in [0.1, 0.15) is 11.6 Å². The molecule has 0 aromatic heterocycles. The van der Waals surface area contributed by atoms with Gasteiger partial charge in [0.05, 0.1) is 0 Å². The zero-order chi connectivity index (χ0) is 12.4. The molecule has 90 valence electrons. The molecule has 5 nitrogen and oxygen atoms in total. The van der Waals surface area contributed by atoms with Gasteiger partial charge in [-0.1, -0.05) is 34.1 Å². The molecule has 6 heteroatoms. The first-order valence-electron chi connectivity index (χ1n) is 5.13. The van der Waals surface area contributed by atoms with Crippen molar-refractivity contribution >= 4 is 27.9 Å². The minimum atomic E-state index is -1.08. The number of nitrogens with one attached hydrogen (secondary N) is 1. The topological polar surface area (TPSA) is 69.6 Å². The number of carbonyl (C=O) groups is 2. The van der Waals surface area contributed by atoms with E-state index in [-0.39, 0.29) is 5.91 Å². The largest absolute Gasteiger partial charge is 0.465 e. The van der Waals surface area contributed by atoms with Crippen molar-refractivity contribution in [3.05, 3.63) is 34.3 Å². The van der Waals surface area contributed by atoms with E-state index in [0.717, 1.165) is 9.37 Å². The van der Waals surface area contributed by atoms with Crippen LogP contribution in [0.15, 0.2) is 28.7 Å². The number of benzene rings is 1. The Morgan fingerprint density at radius 1 is 1.47 bits per heavy atom. The highest BCUT2D eigenvalue weighted by Gasteiger charge is 2.35. The lowest BCUT2D eigenvalue weighted by Crippen LogP contribution is -2.51. The third-order valence-electron chi connectivity index (χ3n) is 2.66. The molecule has 1 aromatic carbocycles. The maximum atomic E-state index is 11.8. The van der Waals surface area contributed by atoms with Crippen LogP contribution < -0.4 is 5.32 Å². The average molecular weight is 299 g/mol. The molecule has 0 saturated carbocycles. The van der Waals surface area contributed by atoms with Crippen LogP contribution in [-0.2, 0) is 4.79 Å². The smallest absolute Gasteiger partial charge is 0.408 e. The summed E-state index contributed by atoms with van der Waals surface area (Å²) in [4.78, 5) is 24.1. The van der Waals surface area contributed by atoms with Crippen molar-refractivity contribution in [3.8, 4) is 0 Å². The number of nitrogens with zero attached hydrogens (tertiary/aromatic N) is 1. The van der Waals surface area contributed by atoms with Gasteiger partial charge in [0.15, 0.2) is 0 Å². The normalized spacial score (nSPS) is 19.9. The number of rotatable bonds is 1. The molecule has 0 spiro atoms. The third kappa shape index (κ3) is 2.26. The molecule has 1 heterocycles. The van der Waals surface area contributed by atoms with Crippen molar-refractivity contribution in [2.75, 3.05) is 13.1 Å². The fraction of sp³-hybridized carbons (Fsp3) is 0.273. The number of carbonyl (C=O) groups excluding carboxylic acids is 1. The monoisotopic (exact) mass is 298 g/mol. The Kier molecular flexibility index (Phi) is 3.33. The molecule has 1 aliphatic heterocycles. The van der Waals surface area contributed by atoms with Gasteiger partial charge in [-0.25, -0.2) is 4.79 Å². The fourth-order valence-electron chi connectivity index (χ4n) is 1.88. The first kappa shape index (κ1) is 11.9. The summed E-state index contributed by atoms with van der Waals surface area (Å²) in [6.45, 7) is 0.652. The Hall–Kier alpha value is -1.56. The summed E-state index contributed by atoms with van der Waals surface area (Å²) in [6, 6.07) is 6.35. The molecule has 2 amide bonds. The molecule has 0 radical (unpaired) electrons. The SMILES string of the molecule is O=C1NCCN(C(=O)O)C1c1ccccc1Br. The van der Waals surface area contributed by atoms with Crippen molar-refractivity contribution in [2.24, 2.45) is 0 Å². The number of hydrogen-bond acceptors (Lipinski definition) is 2. The summed E-state index contributed by atoms with van der Waals surface area (Å²) in [5.74, 6) is -0.287. The van der Waals surface area contributed by atoms with E-state index >= 15 is 0 Å². The highest BCUT2D eigenvalue weighted by molar-refractivity contribution is 9.10. The summed E-state index contributed by atoms with van der Waals surface area (Å²) < 4.78 is 0.730. The predicted octanol–water partition coefficient (Wildman–Crippen LogP) is 1.60. The molecule has 2 N–H and O–H groups in total. The van der Waals surface area contributed by atoms with Crippen LogP contribution in [0, 0.1) is 0 Å². The lowest BCUT2D eigenvalue weighted by molar-refractivity contribution is -0.128. The van der Waals surface area contributed by atoms with E-state index in [1.165, 1.54) is 0 Å². The number of piperazine rings is 1. The summed E-state index contributed by atoms with van der Waals surface area (Å²) in [6.07, 6.45) is -1.08. The number of halogens is 1. The van der Waals surface area contributed by atoms with Gasteiger partial charge in [-0.05, 0) is 11.6 Å². The number of hydrogen-bond donors (Lipinski definition) is 2. The van der Waals surface area contributed by atoms with Gasteiger partial charge in [-0.3, -0.25) is 9.69 Å². The predicted molar refractivity (Wildman–Crippen MR) is 64.6 cm³/mol. The maximum Gasteiger partial charge on any atom is 0.408 e. The second-order valence-electron chi connectivity index (χ2n) is 3.69. The van der Waals surface area contributed by atoms with Crippen LogP contribution in [0.2, 0.25) is 0 Å². The summed E-state index contributed by atoms with van der Waals surface area (Å²) in [5.41, 5.74) is 0.659. The standard InChI is InChI=1S/C11H11BrN2O3/c12-8-4-2-1-3-7(8)9-10(15)13-5-6-14(9)11(16)17/h1-4,9H,5-6H2,(H,13,15)(H,16,17). The highest BCUT2D eigenvalue weighted by atomic mass is 79.9. The van der Waals surface area contributed by atoms with Crippen LogP contribution in [0.3, 0.4) is 0 Å². The van der Waals surface area contributed by atoms with Crippen molar-refractivity contribution < 1.29 is 14.7 Å². The summed E-state index contributed by atoms with van der Waals surface area (Å²) in [5, 5.41) is 11.8. The van der Waals surface area contributed by atoms with E-state index in [4.69, 9.17) is 5.11 Å². The minimum absolute atomic E-state index is 0.287. The quantitative estimate of drug-likeness (QED) is 0.827.